The van der Waals surface area contributed by atoms with Gasteiger partial charge in [0.2, 0.25) is 11.8 Å². The molecule has 0 fully saturated rings. The Balaban J connectivity index is 0.00000288. The van der Waals surface area contributed by atoms with Crippen LogP contribution in [0.3, 0.4) is 0 Å². The Bertz CT molecular complexity index is 729. The highest BCUT2D eigenvalue weighted by Crippen LogP contribution is 2.31. The number of hydrogen-bond acceptors (Lipinski definition) is 5. The minimum Gasteiger partial charge on any atom is -0.497 e. The van der Waals surface area contributed by atoms with Gasteiger partial charge >= 0.3 is 0 Å². The molecule has 1 heterocycles. The Kier molecular flexibility index (Phi) is 7.06. The van der Waals surface area contributed by atoms with Crippen LogP contribution >= 0.6 is 12.4 Å². The maximum Gasteiger partial charge on any atom is 0.239 e. The third-order valence-electron chi connectivity index (χ3n) is 3.58. The van der Waals surface area contributed by atoms with E-state index in [1.165, 1.54) is 0 Å². The molecule has 2 rings (SSSR count). The maximum absolute atomic E-state index is 11.8. The summed E-state index contributed by atoms with van der Waals surface area (Å²) in [6.45, 7) is 3.49. The van der Waals surface area contributed by atoms with E-state index in [9.17, 15) is 9.59 Å². The van der Waals surface area contributed by atoms with Crippen LogP contribution in [0.1, 0.15) is 24.3 Å². The SMILES string of the molecule is COc1ccc2oc(C(C)NC(=O)CNC(=O)CN)c(C)c2c1.Cl. The molecule has 2 aromatic rings. The minimum atomic E-state index is -0.375. The van der Waals surface area contributed by atoms with Crippen LogP contribution < -0.4 is 21.1 Å². The van der Waals surface area contributed by atoms with Gasteiger partial charge in [-0.1, -0.05) is 0 Å². The fourth-order valence-corrected chi connectivity index (χ4v) is 2.37. The van der Waals surface area contributed by atoms with Crippen LogP contribution in [0.15, 0.2) is 22.6 Å². The summed E-state index contributed by atoms with van der Waals surface area (Å²) >= 11 is 0. The average Bonchev–Trinajstić information content (AvgIpc) is 2.89. The molecule has 0 spiro atoms. The van der Waals surface area contributed by atoms with Gasteiger partial charge in [-0.3, -0.25) is 9.59 Å². The van der Waals surface area contributed by atoms with E-state index >= 15 is 0 Å². The monoisotopic (exact) mass is 355 g/mol. The molecule has 0 saturated carbocycles. The molecule has 2 amide bonds. The predicted octanol–water partition coefficient (Wildman–Crippen LogP) is 1.42. The molecule has 4 N–H and O–H groups in total. The molecule has 1 unspecified atom stereocenters. The van der Waals surface area contributed by atoms with Gasteiger partial charge in [0.15, 0.2) is 0 Å². The minimum absolute atomic E-state index is 0. The first kappa shape index (κ1) is 19.8. The van der Waals surface area contributed by atoms with Crippen LogP contribution in [0.4, 0.5) is 0 Å². The number of nitrogens with one attached hydrogen (secondary N) is 2. The van der Waals surface area contributed by atoms with Crippen molar-refractivity contribution in [3.05, 3.63) is 29.5 Å². The Hall–Kier alpha value is -2.25. The van der Waals surface area contributed by atoms with E-state index in [2.05, 4.69) is 10.6 Å². The van der Waals surface area contributed by atoms with Gasteiger partial charge in [-0.05, 0) is 32.0 Å². The summed E-state index contributed by atoms with van der Waals surface area (Å²) in [4.78, 5) is 22.9. The van der Waals surface area contributed by atoms with Crippen LogP contribution in [0.2, 0.25) is 0 Å². The lowest BCUT2D eigenvalue weighted by atomic mass is 10.1. The number of carbonyl (C=O) groups is 2. The maximum atomic E-state index is 11.8. The topological polar surface area (TPSA) is 107 Å². The Morgan fingerprint density at radius 3 is 2.67 bits per heavy atom. The zero-order chi connectivity index (χ0) is 17.0. The van der Waals surface area contributed by atoms with Crippen LogP contribution in [0.25, 0.3) is 11.0 Å². The first-order valence-corrected chi connectivity index (χ1v) is 7.29. The second kappa shape index (κ2) is 8.56. The second-order valence-corrected chi connectivity index (χ2v) is 5.22. The first-order valence-electron chi connectivity index (χ1n) is 7.29. The summed E-state index contributed by atoms with van der Waals surface area (Å²) in [5.74, 6) is 0.734. The molecule has 0 saturated heterocycles. The van der Waals surface area contributed by atoms with Gasteiger partial charge in [-0.15, -0.1) is 12.4 Å². The zero-order valence-electron chi connectivity index (χ0n) is 13.8. The number of benzene rings is 1. The molecular weight excluding hydrogens is 334 g/mol. The molecule has 0 bridgehead atoms. The number of furan rings is 1. The molecule has 8 heteroatoms. The predicted molar refractivity (Wildman–Crippen MR) is 93.4 cm³/mol. The molecule has 7 nitrogen and oxygen atoms in total. The summed E-state index contributed by atoms with van der Waals surface area (Å²) in [6, 6.07) is 5.23. The fourth-order valence-electron chi connectivity index (χ4n) is 2.37. The van der Waals surface area contributed by atoms with Crippen molar-refractivity contribution in [2.45, 2.75) is 19.9 Å². The van der Waals surface area contributed by atoms with Gasteiger partial charge in [-0.25, -0.2) is 0 Å². The van der Waals surface area contributed by atoms with E-state index in [4.69, 9.17) is 14.9 Å². The van der Waals surface area contributed by atoms with Gasteiger partial charge in [0.1, 0.15) is 17.1 Å². The van der Waals surface area contributed by atoms with Crippen molar-refractivity contribution in [3.63, 3.8) is 0 Å². The zero-order valence-corrected chi connectivity index (χ0v) is 14.7. The van der Waals surface area contributed by atoms with Crippen molar-refractivity contribution < 1.29 is 18.7 Å². The molecule has 0 aliphatic heterocycles. The summed E-state index contributed by atoms with van der Waals surface area (Å²) in [6.07, 6.45) is 0. The van der Waals surface area contributed by atoms with E-state index < -0.39 is 0 Å². The summed E-state index contributed by atoms with van der Waals surface area (Å²) in [7, 11) is 1.61. The molecule has 0 aliphatic rings. The van der Waals surface area contributed by atoms with Gasteiger partial charge in [0.25, 0.3) is 0 Å². The summed E-state index contributed by atoms with van der Waals surface area (Å²) < 4.78 is 11.0. The van der Waals surface area contributed by atoms with Crippen molar-refractivity contribution >= 4 is 35.2 Å². The quantitative estimate of drug-likeness (QED) is 0.726. The Morgan fingerprint density at radius 1 is 1.33 bits per heavy atom. The molecular formula is C16H22ClN3O4. The summed E-state index contributed by atoms with van der Waals surface area (Å²) in [5, 5.41) is 6.15. The van der Waals surface area contributed by atoms with Gasteiger partial charge in [0.05, 0.1) is 26.2 Å². The highest BCUT2D eigenvalue weighted by Gasteiger charge is 2.19. The third-order valence-corrected chi connectivity index (χ3v) is 3.58. The number of halogens is 1. The van der Waals surface area contributed by atoms with Gasteiger partial charge in [-0.2, -0.15) is 0 Å². The lowest BCUT2D eigenvalue weighted by molar-refractivity contribution is -0.125. The van der Waals surface area contributed by atoms with Crippen LogP contribution in [-0.2, 0) is 9.59 Å². The number of aryl methyl sites for hydroxylation is 1. The van der Waals surface area contributed by atoms with Gasteiger partial charge < -0.3 is 25.5 Å². The molecule has 132 valence electrons. The van der Waals surface area contributed by atoms with Crippen LogP contribution in [0.5, 0.6) is 5.75 Å². The smallest absolute Gasteiger partial charge is 0.239 e. The Labute approximate surface area is 146 Å². The van der Waals surface area contributed by atoms with Crippen LogP contribution in [-0.4, -0.2) is 32.0 Å². The van der Waals surface area contributed by atoms with E-state index in [-0.39, 0.29) is 43.4 Å². The number of rotatable bonds is 6. The number of hydrogen-bond donors (Lipinski definition) is 3. The number of fused-ring (bicyclic) bond motifs is 1. The van der Waals surface area contributed by atoms with Crippen LogP contribution in [0, 0.1) is 6.92 Å². The van der Waals surface area contributed by atoms with E-state index in [0.717, 1.165) is 22.3 Å². The Morgan fingerprint density at radius 2 is 2.04 bits per heavy atom. The number of methoxy groups -OCH3 is 1. The molecule has 0 aliphatic carbocycles. The molecule has 1 atom stereocenters. The normalized spacial score (nSPS) is 11.5. The van der Waals surface area contributed by atoms with Gasteiger partial charge in [0, 0.05) is 10.9 Å². The first-order chi connectivity index (χ1) is 11.0. The van der Waals surface area contributed by atoms with E-state index in [1.54, 1.807) is 7.11 Å². The third kappa shape index (κ3) is 4.39. The molecule has 1 aromatic heterocycles. The highest BCUT2D eigenvalue weighted by molar-refractivity contribution is 5.86. The molecule has 24 heavy (non-hydrogen) atoms. The summed E-state index contributed by atoms with van der Waals surface area (Å²) in [5.41, 5.74) is 6.84. The van der Waals surface area contributed by atoms with Crippen molar-refractivity contribution in [2.24, 2.45) is 5.73 Å². The second-order valence-electron chi connectivity index (χ2n) is 5.22. The van der Waals surface area contributed by atoms with Crippen molar-refractivity contribution in [2.75, 3.05) is 20.2 Å². The molecule has 0 radical (unpaired) electrons. The van der Waals surface area contributed by atoms with Crippen molar-refractivity contribution in [1.29, 1.82) is 0 Å². The van der Waals surface area contributed by atoms with E-state index in [0.29, 0.717) is 5.76 Å². The van der Waals surface area contributed by atoms with E-state index in [1.807, 2.05) is 32.0 Å². The fraction of sp³-hybridized carbons (Fsp3) is 0.375. The largest absolute Gasteiger partial charge is 0.497 e. The lowest BCUT2D eigenvalue weighted by Gasteiger charge is -2.13. The van der Waals surface area contributed by atoms with Crippen molar-refractivity contribution in [1.82, 2.24) is 10.6 Å². The standard InChI is InChI=1S/C16H21N3O4.ClH/c1-9-12-6-11(22-3)4-5-13(12)23-16(9)10(2)19-15(21)8-18-14(20)7-17;/h4-6,10H,7-8,17H2,1-3H3,(H,18,20)(H,19,21);1H. The molecule has 1 aromatic carbocycles. The van der Waals surface area contributed by atoms with Crippen molar-refractivity contribution in [3.8, 4) is 5.75 Å². The number of nitrogens with two attached hydrogens (primary N) is 1. The number of amides is 2. The lowest BCUT2D eigenvalue weighted by Crippen LogP contribution is -2.40. The number of ether oxygens (including phenoxy) is 1. The number of carbonyl (C=O) groups excluding carboxylic acids is 2. The average molecular weight is 356 g/mol. The highest BCUT2D eigenvalue weighted by atomic mass is 35.5.